The number of hydrogen-bond acceptors (Lipinski definition) is 3. The van der Waals surface area contributed by atoms with Gasteiger partial charge in [-0.15, -0.1) is 0 Å². The van der Waals surface area contributed by atoms with E-state index in [0.29, 0.717) is 13.0 Å². The lowest BCUT2D eigenvalue weighted by molar-refractivity contribution is -0.133. The Hall–Kier alpha value is -1.89. The third kappa shape index (κ3) is 3.06. The Kier molecular flexibility index (Phi) is 4.46. The van der Waals surface area contributed by atoms with Crippen molar-refractivity contribution in [2.45, 2.75) is 19.9 Å². The van der Waals surface area contributed by atoms with Crippen molar-refractivity contribution in [3.05, 3.63) is 30.1 Å². The molecule has 4 heteroatoms. The van der Waals surface area contributed by atoms with E-state index >= 15 is 0 Å². The number of carbonyl (C=O) groups excluding carboxylic acids is 1. The van der Waals surface area contributed by atoms with Crippen LogP contribution in [-0.2, 0) is 11.3 Å². The van der Waals surface area contributed by atoms with Crippen LogP contribution >= 0.6 is 0 Å². The van der Waals surface area contributed by atoms with Gasteiger partial charge in [0.15, 0.2) is 0 Å². The molecule has 1 atom stereocenters. The highest BCUT2D eigenvalue weighted by Crippen LogP contribution is 2.08. The van der Waals surface area contributed by atoms with Gasteiger partial charge in [-0.1, -0.05) is 13.0 Å². The zero-order chi connectivity index (χ0) is 12.0. The number of nitriles is 1. The summed E-state index contributed by atoms with van der Waals surface area (Å²) in [6, 6.07) is 5.75. The molecule has 1 amide bonds. The summed E-state index contributed by atoms with van der Waals surface area (Å²) in [4.78, 5) is 17.3. The molecule has 1 unspecified atom stereocenters. The second-order valence-electron chi connectivity index (χ2n) is 3.65. The van der Waals surface area contributed by atoms with Crippen LogP contribution in [0.15, 0.2) is 24.5 Å². The van der Waals surface area contributed by atoms with E-state index in [1.165, 1.54) is 0 Å². The average Bonchev–Trinajstić information content (AvgIpc) is 2.31. The van der Waals surface area contributed by atoms with Crippen LogP contribution in [0.5, 0.6) is 0 Å². The molecule has 0 aromatic carbocycles. The van der Waals surface area contributed by atoms with Crippen molar-refractivity contribution in [2.75, 3.05) is 7.05 Å². The summed E-state index contributed by atoms with van der Waals surface area (Å²) < 4.78 is 0. The third-order valence-electron chi connectivity index (χ3n) is 2.38. The normalized spacial score (nSPS) is 11.6. The second kappa shape index (κ2) is 5.86. The molecule has 1 heterocycles. The van der Waals surface area contributed by atoms with E-state index in [2.05, 4.69) is 4.98 Å². The van der Waals surface area contributed by atoms with E-state index in [-0.39, 0.29) is 5.91 Å². The fourth-order valence-electron chi connectivity index (χ4n) is 1.43. The van der Waals surface area contributed by atoms with Gasteiger partial charge < -0.3 is 4.90 Å². The number of aromatic nitrogens is 1. The van der Waals surface area contributed by atoms with E-state index < -0.39 is 5.92 Å². The van der Waals surface area contributed by atoms with Gasteiger partial charge in [0.25, 0.3) is 0 Å². The summed E-state index contributed by atoms with van der Waals surface area (Å²) >= 11 is 0. The lowest BCUT2D eigenvalue weighted by Gasteiger charge is -2.19. The van der Waals surface area contributed by atoms with Gasteiger partial charge in [0, 0.05) is 26.0 Å². The second-order valence-corrected chi connectivity index (χ2v) is 3.65. The Morgan fingerprint density at radius 2 is 2.44 bits per heavy atom. The van der Waals surface area contributed by atoms with Crippen LogP contribution in [-0.4, -0.2) is 22.8 Å². The van der Waals surface area contributed by atoms with Crippen molar-refractivity contribution in [3.63, 3.8) is 0 Å². The molecule has 0 radical (unpaired) electrons. The first kappa shape index (κ1) is 12.2. The van der Waals surface area contributed by atoms with Crippen molar-refractivity contribution in [3.8, 4) is 6.07 Å². The molecule has 1 aromatic rings. The Bertz CT molecular complexity index is 383. The highest BCUT2D eigenvalue weighted by Gasteiger charge is 2.19. The lowest BCUT2D eigenvalue weighted by atomic mass is 10.1. The maximum atomic E-state index is 11.8. The smallest absolute Gasteiger partial charge is 0.239 e. The first-order valence-corrected chi connectivity index (χ1v) is 5.22. The minimum absolute atomic E-state index is 0.131. The van der Waals surface area contributed by atoms with Gasteiger partial charge in [-0.3, -0.25) is 9.78 Å². The quantitative estimate of drug-likeness (QED) is 0.769. The third-order valence-corrected chi connectivity index (χ3v) is 2.38. The fraction of sp³-hybridized carbons (Fsp3) is 0.417. The molecule has 0 aliphatic heterocycles. The Balaban J connectivity index is 2.63. The Labute approximate surface area is 95.5 Å². The molecule has 0 N–H and O–H groups in total. The van der Waals surface area contributed by atoms with Crippen molar-refractivity contribution in [1.29, 1.82) is 5.26 Å². The van der Waals surface area contributed by atoms with E-state index in [9.17, 15) is 4.79 Å². The molecule has 0 saturated heterocycles. The van der Waals surface area contributed by atoms with E-state index in [0.717, 1.165) is 5.56 Å². The number of rotatable bonds is 4. The van der Waals surface area contributed by atoms with Crippen LogP contribution in [0.3, 0.4) is 0 Å². The molecule has 0 aliphatic carbocycles. The summed E-state index contributed by atoms with van der Waals surface area (Å²) in [6.45, 7) is 2.33. The Morgan fingerprint density at radius 3 is 2.94 bits per heavy atom. The van der Waals surface area contributed by atoms with E-state index in [1.807, 2.05) is 25.1 Å². The molecule has 0 fully saturated rings. The molecule has 0 aliphatic rings. The van der Waals surface area contributed by atoms with Crippen LogP contribution < -0.4 is 0 Å². The van der Waals surface area contributed by atoms with Crippen molar-refractivity contribution in [1.82, 2.24) is 9.88 Å². The maximum Gasteiger partial charge on any atom is 0.239 e. The SMILES string of the molecule is CCC(C#N)C(=O)N(C)Cc1cccnc1. The standard InChI is InChI=1S/C12H15N3O/c1-3-11(7-13)12(16)15(2)9-10-5-4-6-14-8-10/h4-6,8,11H,3,9H2,1-2H3. The summed E-state index contributed by atoms with van der Waals surface area (Å²) in [7, 11) is 1.70. The number of pyridine rings is 1. The molecule has 0 saturated carbocycles. The maximum absolute atomic E-state index is 11.8. The Morgan fingerprint density at radius 1 is 1.69 bits per heavy atom. The van der Waals surface area contributed by atoms with E-state index in [4.69, 9.17) is 5.26 Å². The van der Waals surface area contributed by atoms with Crippen LogP contribution in [0.25, 0.3) is 0 Å². The van der Waals surface area contributed by atoms with Crippen molar-refractivity contribution < 1.29 is 4.79 Å². The number of nitrogens with zero attached hydrogens (tertiary/aromatic N) is 3. The molecule has 0 bridgehead atoms. The van der Waals surface area contributed by atoms with Crippen LogP contribution in [0.1, 0.15) is 18.9 Å². The first-order chi connectivity index (χ1) is 7.69. The molecular weight excluding hydrogens is 202 g/mol. The van der Waals surface area contributed by atoms with Crippen LogP contribution in [0.2, 0.25) is 0 Å². The molecule has 84 valence electrons. The first-order valence-electron chi connectivity index (χ1n) is 5.22. The van der Waals surface area contributed by atoms with Gasteiger partial charge in [0.05, 0.1) is 6.07 Å². The van der Waals surface area contributed by atoms with Gasteiger partial charge in [0.1, 0.15) is 5.92 Å². The lowest BCUT2D eigenvalue weighted by Crippen LogP contribution is -2.31. The number of amides is 1. The average molecular weight is 217 g/mol. The molecule has 1 aromatic heterocycles. The summed E-state index contributed by atoms with van der Waals surface area (Å²) in [6.07, 6.45) is 3.96. The predicted octanol–water partition coefficient (Wildman–Crippen LogP) is 1.59. The monoisotopic (exact) mass is 217 g/mol. The molecule has 0 spiro atoms. The minimum atomic E-state index is -0.540. The minimum Gasteiger partial charge on any atom is -0.340 e. The van der Waals surface area contributed by atoms with E-state index in [1.54, 1.807) is 24.3 Å². The van der Waals surface area contributed by atoms with Gasteiger partial charge in [-0.2, -0.15) is 5.26 Å². The summed E-state index contributed by atoms with van der Waals surface area (Å²) in [5.41, 5.74) is 0.964. The highest BCUT2D eigenvalue weighted by atomic mass is 16.2. The molecular formula is C12H15N3O. The van der Waals surface area contributed by atoms with Gasteiger partial charge >= 0.3 is 0 Å². The number of hydrogen-bond donors (Lipinski definition) is 0. The molecule has 1 rings (SSSR count). The van der Waals surface area contributed by atoms with Crippen LogP contribution in [0.4, 0.5) is 0 Å². The molecule has 16 heavy (non-hydrogen) atoms. The zero-order valence-electron chi connectivity index (χ0n) is 9.55. The topological polar surface area (TPSA) is 57.0 Å². The zero-order valence-corrected chi connectivity index (χ0v) is 9.55. The summed E-state index contributed by atoms with van der Waals surface area (Å²) in [5.74, 6) is -0.671. The summed E-state index contributed by atoms with van der Waals surface area (Å²) in [5, 5.41) is 8.80. The van der Waals surface area contributed by atoms with Gasteiger partial charge in [0.2, 0.25) is 5.91 Å². The molecule has 4 nitrogen and oxygen atoms in total. The van der Waals surface area contributed by atoms with Crippen molar-refractivity contribution in [2.24, 2.45) is 5.92 Å². The van der Waals surface area contributed by atoms with Crippen molar-refractivity contribution >= 4 is 5.91 Å². The highest BCUT2D eigenvalue weighted by molar-refractivity contribution is 5.80. The largest absolute Gasteiger partial charge is 0.340 e. The predicted molar refractivity (Wildman–Crippen MR) is 60.1 cm³/mol. The van der Waals surface area contributed by atoms with Crippen LogP contribution in [0, 0.1) is 17.2 Å². The number of carbonyl (C=O) groups is 1. The fourth-order valence-corrected chi connectivity index (χ4v) is 1.43. The van der Waals surface area contributed by atoms with Gasteiger partial charge in [-0.05, 0) is 18.1 Å². The van der Waals surface area contributed by atoms with Gasteiger partial charge in [-0.25, -0.2) is 0 Å².